The molecule has 122 valence electrons. The maximum atomic E-state index is 12.0. The molecule has 4 N–H and O–H groups in total. The van der Waals surface area contributed by atoms with Crippen LogP contribution < -0.4 is 5.73 Å². The number of hydrogen-bond donors (Lipinski definition) is 3. The van der Waals surface area contributed by atoms with Crippen LogP contribution >= 0.6 is 11.8 Å². The maximum Gasteiger partial charge on any atom is 0.404 e. The Labute approximate surface area is 131 Å². The van der Waals surface area contributed by atoms with E-state index >= 15 is 0 Å². The van der Waals surface area contributed by atoms with Gasteiger partial charge in [-0.25, -0.2) is 9.59 Å². The highest BCUT2D eigenvalue weighted by Crippen LogP contribution is 2.44. The number of aliphatic carboxylic acids is 1. The van der Waals surface area contributed by atoms with Gasteiger partial charge in [0.25, 0.3) is 0 Å². The average Bonchev–Trinajstić information content (AvgIpc) is 2.72. The molecule has 0 aromatic heterocycles. The van der Waals surface area contributed by atoms with E-state index in [1.165, 1.54) is 23.6 Å². The molecule has 3 unspecified atom stereocenters. The Morgan fingerprint density at radius 2 is 2.23 bits per heavy atom. The molecule has 9 heteroatoms. The van der Waals surface area contributed by atoms with Gasteiger partial charge < -0.3 is 25.6 Å². The summed E-state index contributed by atoms with van der Waals surface area (Å²) >= 11 is 1.40. The number of carbonyl (C=O) groups excluding carboxylic acids is 2. The molecule has 0 aromatic rings. The molecular weight excluding hydrogens is 312 g/mol. The Hall–Kier alpha value is -1.74. The third kappa shape index (κ3) is 3.05. The van der Waals surface area contributed by atoms with Gasteiger partial charge in [0.1, 0.15) is 12.3 Å². The zero-order valence-corrected chi connectivity index (χ0v) is 12.8. The standard InChI is InChI=1S/C13H18N2O6S/c1-6(16)9-8-4-7(5-22-3-2-21-13(14)20)10(12(18)19)15(8)11(9)17/h6,8-9,16H,2-5H2,1H3,(H2,14,20)(H,18,19). The zero-order valence-electron chi connectivity index (χ0n) is 12.0. The zero-order chi connectivity index (χ0) is 16.4. The summed E-state index contributed by atoms with van der Waals surface area (Å²) in [5, 5.41) is 18.9. The van der Waals surface area contributed by atoms with E-state index < -0.39 is 24.1 Å². The summed E-state index contributed by atoms with van der Waals surface area (Å²) in [6, 6.07) is -0.268. The van der Waals surface area contributed by atoms with Crippen molar-refractivity contribution in [2.45, 2.75) is 25.5 Å². The van der Waals surface area contributed by atoms with Crippen LogP contribution in [0.3, 0.4) is 0 Å². The number of nitrogens with two attached hydrogens (primary N) is 1. The summed E-state index contributed by atoms with van der Waals surface area (Å²) in [4.78, 5) is 35.1. The second-order valence-electron chi connectivity index (χ2n) is 5.22. The van der Waals surface area contributed by atoms with Crippen LogP contribution in [0.4, 0.5) is 4.79 Å². The normalized spacial score (nSPS) is 24.8. The molecule has 8 nitrogen and oxygen atoms in total. The molecule has 0 aromatic carbocycles. The molecule has 0 spiro atoms. The van der Waals surface area contributed by atoms with Crippen LogP contribution in [0.2, 0.25) is 0 Å². The number of ether oxygens (including phenoxy) is 1. The lowest BCUT2D eigenvalue weighted by Crippen LogP contribution is -2.61. The van der Waals surface area contributed by atoms with Crippen LogP contribution in [0, 0.1) is 5.92 Å². The average molecular weight is 330 g/mol. The van der Waals surface area contributed by atoms with E-state index in [4.69, 9.17) is 5.73 Å². The van der Waals surface area contributed by atoms with Gasteiger partial charge in [0.15, 0.2) is 0 Å². The third-order valence-electron chi connectivity index (χ3n) is 3.77. The smallest absolute Gasteiger partial charge is 0.404 e. The van der Waals surface area contributed by atoms with Crippen molar-refractivity contribution in [1.82, 2.24) is 4.90 Å². The number of aliphatic hydroxyl groups is 1. The fraction of sp³-hybridized carbons (Fsp3) is 0.615. The van der Waals surface area contributed by atoms with E-state index in [1.807, 2.05) is 0 Å². The highest BCUT2D eigenvalue weighted by Gasteiger charge is 2.56. The minimum atomic E-state index is -1.14. The summed E-state index contributed by atoms with van der Waals surface area (Å²) in [5.74, 6) is -1.10. The van der Waals surface area contributed by atoms with Crippen molar-refractivity contribution in [3.05, 3.63) is 11.3 Å². The molecule has 2 aliphatic rings. The van der Waals surface area contributed by atoms with Crippen LogP contribution in [0.15, 0.2) is 11.3 Å². The SMILES string of the molecule is CC(O)C1C(=O)N2C(C(=O)O)=C(CSCCOC(N)=O)CC12. The van der Waals surface area contributed by atoms with Crippen molar-refractivity contribution in [1.29, 1.82) is 0 Å². The number of β-lactam (4-membered cyclic amide) rings is 1. The number of rotatable bonds is 7. The first-order valence-corrected chi connectivity index (χ1v) is 7.96. The van der Waals surface area contributed by atoms with Crippen molar-refractivity contribution >= 4 is 29.7 Å². The predicted octanol–water partition coefficient (Wildman–Crippen LogP) is -0.235. The summed E-state index contributed by atoms with van der Waals surface area (Å²) < 4.78 is 4.59. The molecule has 0 radical (unpaired) electrons. The number of carboxylic acid groups (broad SMARTS) is 1. The van der Waals surface area contributed by atoms with Gasteiger partial charge in [0.05, 0.1) is 18.1 Å². The van der Waals surface area contributed by atoms with Crippen LogP contribution in [0.5, 0.6) is 0 Å². The lowest BCUT2D eigenvalue weighted by atomic mass is 9.83. The van der Waals surface area contributed by atoms with Crippen molar-refractivity contribution < 1.29 is 29.3 Å². The number of aliphatic hydroxyl groups excluding tert-OH is 1. The molecule has 0 aliphatic carbocycles. The van der Waals surface area contributed by atoms with Crippen LogP contribution in [0.25, 0.3) is 0 Å². The quantitative estimate of drug-likeness (QED) is 0.434. The second kappa shape index (κ2) is 6.57. The first kappa shape index (κ1) is 16.6. The van der Waals surface area contributed by atoms with Gasteiger partial charge in [-0.3, -0.25) is 4.79 Å². The topological polar surface area (TPSA) is 130 Å². The Morgan fingerprint density at radius 3 is 2.77 bits per heavy atom. The molecule has 2 heterocycles. The first-order chi connectivity index (χ1) is 10.3. The minimum Gasteiger partial charge on any atom is -0.477 e. The van der Waals surface area contributed by atoms with Gasteiger partial charge in [0.2, 0.25) is 5.91 Å². The van der Waals surface area contributed by atoms with Gasteiger partial charge in [-0.1, -0.05) is 0 Å². The molecule has 2 rings (SSSR count). The highest BCUT2D eigenvalue weighted by molar-refractivity contribution is 7.99. The molecule has 0 bridgehead atoms. The number of carboxylic acids is 1. The van der Waals surface area contributed by atoms with Crippen molar-refractivity contribution in [3.8, 4) is 0 Å². The monoisotopic (exact) mass is 330 g/mol. The fourth-order valence-electron chi connectivity index (χ4n) is 2.89. The second-order valence-corrected chi connectivity index (χ2v) is 6.33. The number of primary amides is 1. The largest absolute Gasteiger partial charge is 0.477 e. The summed E-state index contributed by atoms with van der Waals surface area (Å²) in [6.45, 7) is 1.69. The molecular formula is C13H18N2O6S. The fourth-order valence-corrected chi connectivity index (χ4v) is 3.73. The summed E-state index contributed by atoms with van der Waals surface area (Å²) in [6.07, 6.45) is -1.19. The van der Waals surface area contributed by atoms with Crippen molar-refractivity contribution in [2.75, 3.05) is 18.1 Å². The van der Waals surface area contributed by atoms with Crippen LogP contribution in [-0.4, -0.2) is 63.3 Å². The Balaban J connectivity index is 1.97. The van der Waals surface area contributed by atoms with Gasteiger partial charge in [-0.15, -0.1) is 0 Å². The molecule has 22 heavy (non-hydrogen) atoms. The van der Waals surface area contributed by atoms with E-state index in [1.54, 1.807) is 0 Å². The maximum absolute atomic E-state index is 12.0. The van der Waals surface area contributed by atoms with E-state index in [2.05, 4.69) is 4.74 Å². The summed E-state index contributed by atoms with van der Waals surface area (Å²) in [5.41, 5.74) is 5.53. The number of nitrogens with zero attached hydrogens (tertiary/aromatic N) is 1. The van der Waals surface area contributed by atoms with Crippen LogP contribution in [0.1, 0.15) is 13.3 Å². The van der Waals surface area contributed by atoms with E-state index in [0.29, 0.717) is 23.5 Å². The molecule has 2 amide bonds. The number of fused-ring (bicyclic) bond motifs is 1. The molecule has 0 saturated carbocycles. The molecule has 2 aliphatic heterocycles. The van der Waals surface area contributed by atoms with Crippen molar-refractivity contribution in [2.24, 2.45) is 11.7 Å². The number of thioether (sulfide) groups is 1. The summed E-state index contributed by atoms with van der Waals surface area (Å²) in [7, 11) is 0. The number of amides is 2. The van der Waals surface area contributed by atoms with Gasteiger partial charge in [0, 0.05) is 11.5 Å². The molecule has 3 atom stereocenters. The van der Waals surface area contributed by atoms with Gasteiger partial charge in [-0.2, -0.15) is 11.8 Å². The van der Waals surface area contributed by atoms with Gasteiger partial charge >= 0.3 is 12.1 Å². The van der Waals surface area contributed by atoms with Crippen LogP contribution in [-0.2, 0) is 14.3 Å². The Bertz CT molecular complexity index is 533. The van der Waals surface area contributed by atoms with Gasteiger partial charge in [-0.05, 0) is 18.9 Å². The first-order valence-electron chi connectivity index (χ1n) is 6.81. The van der Waals surface area contributed by atoms with Crippen molar-refractivity contribution in [3.63, 3.8) is 0 Å². The van der Waals surface area contributed by atoms with E-state index in [9.17, 15) is 24.6 Å². The third-order valence-corrected chi connectivity index (χ3v) is 4.78. The minimum absolute atomic E-state index is 0.0234. The lowest BCUT2D eigenvalue weighted by molar-refractivity contribution is -0.161. The Morgan fingerprint density at radius 1 is 1.55 bits per heavy atom. The number of hydrogen-bond acceptors (Lipinski definition) is 6. The Kier molecular flexibility index (Phi) is 4.97. The van der Waals surface area contributed by atoms with E-state index in [0.717, 1.165) is 0 Å². The number of carbonyl (C=O) groups is 3. The molecule has 1 fully saturated rings. The van der Waals surface area contributed by atoms with E-state index in [-0.39, 0.29) is 24.3 Å². The highest BCUT2D eigenvalue weighted by atomic mass is 32.2. The lowest BCUT2D eigenvalue weighted by Gasteiger charge is -2.44. The molecule has 1 saturated heterocycles. The predicted molar refractivity (Wildman–Crippen MR) is 77.9 cm³/mol.